The lowest BCUT2D eigenvalue weighted by molar-refractivity contribution is -0.145. The van der Waals surface area contributed by atoms with Crippen molar-refractivity contribution in [2.24, 2.45) is 16.7 Å². The zero-order valence-corrected chi connectivity index (χ0v) is 40.0. The van der Waals surface area contributed by atoms with E-state index in [0.717, 1.165) is 97.3 Å². The summed E-state index contributed by atoms with van der Waals surface area (Å²) in [7, 11) is 0. The monoisotopic (exact) mass is 928 g/mol. The summed E-state index contributed by atoms with van der Waals surface area (Å²) >= 11 is 1.59. The number of carbonyl (C=O) groups excluding carboxylic acids is 3. The number of nitrogen functional groups attached to an aromatic ring is 1. The summed E-state index contributed by atoms with van der Waals surface area (Å²) in [6.45, 7) is 11.9. The number of β-amino-alcohol motifs (C(OH)–C–C–N with tert-alkyl or cyclic N) is 1. The number of rotatable bonds is 11. The Morgan fingerprint density at radius 2 is 1.61 bits per heavy atom. The van der Waals surface area contributed by atoms with Crippen molar-refractivity contribution in [2.45, 2.75) is 129 Å². The first-order chi connectivity index (χ1) is 32.1. The van der Waals surface area contributed by atoms with E-state index in [1.165, 1.54) is 4.90 Å². The molecule has 3 aromatic heterocycles. The molecule has 4 fully saturated rings. The minimum absolute atomic E-state index is 0.0351. The van der Waals surface area contributed by atoms with Crippen LogP contribution in [0.25, 0.3) is 32.8 Å². The van der Waals surface area contributed by atoms with E-state index in [0.29, 0.717) is 34.6 Å². The van der Waals surface area contributed by atoms with Gasteiger partial charge in [-0.25, -0.2) is 4.98 Å². The topological polar surface area (TPSA) is 205 Å². The van der Waals surface area contributed by atoms with E-state index >= 15 is 0 Å². The summed E-state index contributed by atoms with van der Waals surface area (Å²) in [5.74, 6) is -0.516. The summed E-state index contributed by atoms with van der Waals surface area (Å²) < 4.78 is 2.07. The number of amides is 3. The van der Waals surface area contributed by atoms with Crippen LogP contribution >= 0.6 is 11.3 Å². The van der Waals surface area contributed by atoms with E-state index in [9.17, 15) is 24.6 Å². The molecule has 3 amide bonds. The van der Waals surface area contributed by atoms with Crippen molar-refractivity contribution in [3.63, 3.8) is 0 Å². The molecule has 2 aliphatic carbocycles. The van der Waals surface area contributed by atoms with Crippen molar-refractivity contribution in [1.29, 1.82) is 0 Å². The van der Waals surface area contributed by atoms with Gasteiger partial charge in [-0.05, 0) is 105 Å². The number of nitrogens with one attached hydrogen (secondary N) is 2. The molecule has 15 nitrogen and oxygen atoms in total. The number of anilines is 1. The van der Waals surface area contributed by atoms with E-state index in [1.54, 1.807) is 29.5 Å². The molecule has 67 heavy (non-hydrogen) atoms. The molecule has 16 heteroatoms. The molecule has 4 atom stereocenters. The van der Waals surface area contributed by atoms with Crippen LogP contribution in [0.5, 0.6) is 5.75 Å². The van der Waals surface area contributed by atoms with Crippen molar-refractivity contribution in [1.82, 2.24) is 45.4 Å². The average Bonchev–Trinajstić information content (AvgIpc) is 4.07. The first-order valence-corrected chi connectivity index (χ1v) is 24.7. The van der Waals surface area contributed by atoms with Crippen LogP contribution < -0.4 is 16.4 Å². The van der Waals surface area contributed by atoms with E-state index in [-0.39, 0.29) is 48.4 Å². The van der Waals surface area contributed by atoms with Crippen LogP contribution in [0, 0.1) is 23.7 Å². The molecule has 2 saturated carbocycles. The maximum absolute atomic E-state index is 14.4. The second-order valence-electron chi connectivity index (χ2n) is 20.7. The lowest BCUT2D eigenvalue weighted by Gasteiger charge is -2.57. The van der Waals surface area contributed by atoms with Gasteiger partial charge >= 0.3 is 0 Å². The molecule has 0 unspecified atom stereocenters. The summed E-state index contributed by atoms with van der Waals surface area (Å²) in [5, 5.41) is 40.5. The fourth-order valence-electron chi connectivity index (χ4n) is 11.0. The second kappa shape index (κ2) is 18.8. The highest BCUT2D eigenvalue weighted by molar-refractivity contribution is 7.13. The lowest BCUT2D eigenvalue weighted by atomic mass is 9.66. The molecule has 4 aliphatic rings. The van der Waals surface area contributed by atoms with Gasteiger partial charge in [0.05, 0.1) is 46.2 Å². The van der Waals surface area contributed by atoms with E-state index in [2.05, 4.69) is 35.4 Å². The molecule has 5 heterocycles. The molecule has 0 bridgehead atoms. The number of para-hydroxylation sites is 1. The lowest BCUT2D eigenvalue weighted by Crippen LogP contribution is -2.61. The van der Waals surface area contributed by atoms with Gasteiger partial charge < -0.3 is 31.5 Å². The quantitative estimate of drug-likeness (QED) is 0.0906. The number of likely N-dealkylation sites (tertiary alicyclic amines) is 2. The number of aliphatic hydroxyl groups is 1. The number of aliphatic hydroxyl groups excluding tert-OH is 1. The van der Waals surface area contributed by atoms with Crippen LogP contribution in [-0.4, -0.2) is 107 Å². The smallest absolute Gasteiger partial charge is 0.246 e. The number of thiazole rings is 1. The number of benzene rings is 2. The Morgan fingerprint density at radius 3 is 2.28 bits per heavy atom. The van der Waals surface area contributed by atoms with Crippen LogP contribution in [-0.2, 0) is 14.4 Å². The third kappa shape index (κ3) is 9.70. The van der Waals surface area contributed by atoms with Crippen LogP contribution in [0.1, 0.15) is 109 Å². The van der Waals surface area contributed by atoms with Gasteiger partial charge in [0.15, 0.2) is 5.82 Å². The third-order valence-electron chi connectivity index (χ3n) is 15.0. The molecular weight excluding hydrogens is 865 g/mol. The van der Waals surface area contributed by atoms with Gasteiger partial charge in [-0.3, -0.25) is 24.0 Å². The zero-order chi connectivity index (χ0) is 47.2. The highest BCUT2D eigenvalue weighted by Gasteiger charge is 2.49. The first-order valence-electron chi connectivity index (χ1n) is 23.9. The number of hydrogen-bond acceptors (Lipinski definition) is 12. The van der Waals surface area contributed by atoms with Crippen LogP contribution in [0.3, 0.4) is 0 Å². The SMILES string of the molecule is Cc1ncsc1-c1ccc([C@H](C)NC(=O)[C@@H]2C[C@@H](O)CN2C(=O)[C@@H](NC(=O)C2CCC(N3CC4(CCC(n5cc(-c6cc(-c7ccccc7O)nnc6N)cn5)CC4)C3)CC2)C(C)(C)C)cc1. The van der Waals surface area contributed by atoms with Gasteiger partial charge in [-0.15, -0.1) is 21.5 Å². The zero-order valence-electron chi connectivity index (χ0n) is 39.2. The Morgan fingerprint density at radius 1 is 0.896 bits per heavy atom. The van der Waals surface area contributed by atoms with Crippen molar-refractivity contribution < 1.29 is 24.6 Å². The fourth-order valence-corrected chi connectivity index (χ4v) is 11.8. The van der Waals surface area contributed by atoms with Crippen molar-refractivity contribution in [2.75, 3.05) is 25.4 Å². The number of carbonyl (C=O) groups is 3. The van der Waals surface area contributed by atoms with Gasteiger partial charge in [-0.2, -0.15) is 5.10 Å². The summed E-state index contributed by atoms with van der Waals surface area (Å²) in [5.41, 5.74) is 13.5. The van der Waals surface area contributed by atoms with E-state index in [1.807, 2.05) is 88.9 Å². The predicted octanol–water partition coefficient (Wildman–Crippen LogP) is 7.07. The van der Waals surface area contributed by atoms with Crippen molar-refractivity contribution in [3.8, 4) is 38.6 Å². The Kier molecular flexibility index (Phi) is 13.0. The Balaban J connectivity index is 0.746. The molecule has 2 saturated heterocycles. The van der Waals surface area contributed by atoms with Crippen molar-refractivity contribution in [3.05, 3.63) is 83.8 Å². The standard InChI is InChI=1S/C51H64N10O5S/c1-30(32-10-12-33(13-11-32)44-31(2)53-29-67-44)55-48(65)42-22-38(62)26-60(42)49(66)45(50(3,4)5)56-47(64)34-14-16-36(17-15-34)59-27-51(28-59)20-18-37(19-21-51)61-25-35(24-54-61)40-23-41(57-58-46(40)52)39-8-6-7-9-43(39)63/h6-13,23-25,29-30,34,36-38,42,45,62-63H,14-22,26-28H2,1-5H3,(H2,52,58)(H,55,65)(H,56,64)/t30-,34?,36?,38+,42-,45+/m0/s1. The highest BCUT2D eigenvalue weighted by atomic mass is 32.1. The second-order valence-corrected chi connectivity index (χ2v) is 21.6. The first kappa shape index (κ1) is 46.4. The number of aryl methyl sites for hydroxylation is 1. The largest absolute Gasteiger partial charge is 0.507 e. The Hall–Kier alpha value is -5.71. The number of phenolic OH excluding ortho intramolecular Hbond substituents is 1. The van der Waals surface area contributed by atoms with Gasteiger partial charge in [0, 0.05) is 60.9 Å². The number of nitrogens with zero attached hydrogens (tertiary/aromatic N) is 7. The van der Waals surface area contributed by atoms with E-state index in [4.69, 9.17) is 10.8 Å². The third-order valence-corrected chi connectivity index (χ3v) is 16.0. The maximum Gasteiger partial charge on any atom is 0.246 e. The minimum atomic E-state index is -0.856. The van der Waals surface area contributed by atoms with Gasteiger partial charge in [0.2, 0.25) is 17.7 Å². The van der Waals surface area contributed by atoms with Crippen LogP contribution in [0.2, 0.25) is 0 Å². The summed E-state index contributed by atoms with van der Waals surface area (Å²) in [6.07, 6.45) is 10.9. The molecule has 2 aliphatic heterocycles. The highest BCUT2D eigenvalue weighted by Crippen LogP contribution is 2.49. The molecule has 1 spiro atoms. The average molecular weight is 929 g/mol. The number of phenols is 1. The molecule has 354 valence electrons. The van der Waals surface area contributed by atoms with Gasteiger partial charge in [0.25, 0.3) is 0 Å². The van der Waals surface area contributed by atoms with Gasteiger partial charge in [0.1, 0.15) is 17.8 Å². The Labute approximate surface area is 396 Å². The molecule has 9 rings (SSSR count). The predicted molar refractivity (Wildman–Crippen MR) is 258 cm³/mol. The maximum atomic E-state index is 14.4. The number of hydrogen-bond donors (Lipinski definition) is 5. The normalized spacial score (nSPS) is 23.1. The van der Waals surface area contributed by atoms with E-state index < -0.39 is 23.6 Å². The molecule has 0 radical (unpaired) electrons. The number of aromatic hydroxyl groups is 1. The summed E-state index contributed by atoms with van der Waals surface area (Å²) in [4.78, 5) is 51.7. The van der Waals surface area contributed by atoms with Gasteiger partial charge in [-0.1, -0.05) is 57.2 Å². The van der Waals surface area contributed by atoms with Crippen LogP contribution in [0.15, 0.2) is 72.5 Å². The molecular formula is C51H64N10O5S. The number of aromatic nitrogens is 5. The summed E-state index contributed by atoms with van der Waals surface area (Å²) in [6, 6.07) is 15.7. The Bertz CT molecular complexity index is 2580. The molecule has 2 aromatic carbocycles. The minimum Gasteiger partial charge on any atom is -0.507 e. The van der Waals surface area contributed by atoms with Crippen molar-refractivity contribution >= 4 is 34.9 Å². The fraction of sp³-hybridized carbons (Fsp3) is 0.510. The van der Waals surface area contributed by atoms with Crippen LogP contribution in [0.4, 0.5) is 5.82 Å². The molecule has 5 aromatic rings. The number of nitrogens with two attached hydrogens (primary N) is 1. The molecule has 6 N–H and O–H groups in total.